The van der Waals surface area contributed by atoms with Crippen LogP contribution < -0.4 is 10.6 Å². The van der Waals surface area contributed by atoms with Gasteiger partial charge in [0.15, 0.2) is 0 Å². The van der Waals surface area contributed by atoms with Gasteiger partial charge in [-0.25, -0.2) is 9.97 Å². The minimum Gasteiger partial charge on any atom is -0.370 e. The third kappa shape index (κ3) is 4.90. The van der Waals surface area contributed by atoms with Crippen molar-refractivity contribution in [3.63, 3.8) is 0 Å². The molecule has 108 valence electrons. The van der Waals surface area contributed by atoms with Crippen LogP contribution in [0.25, 0.3) is 0 Å². The maximum absolute atomic E-state index is 4.42. The third-order valence-corrected chi connectivity index (χ3v) is 3.90. The monoisotopic (exact) mass is 282 g/mol. The van der Waals surface area contributed by atoms with Crippen molar-refractivity contribution in [3.05, 3.63) is 11.9 Å². The second-order valence-electron chi connectivity index (χ2n) is 4.87. The molecule has 0 aliphatic rings. The molecular weight excluding hydrogens is 256 g/mol. The van der Waals surface area contributed by atoms with E-state index in [0.29, 0.717) is 12.0 Å². The standard InChI is InChI=1S/C14H26N4S/c1-6-15-13-12(10(3)4)14(17-9-16-13)18-11(5)8-19-7-2/h9-11H,6-8H2,1-5H3,(H2,15,16,17,18). The fraction of sp³-hybridized carbons (Fsp3) is 0.714. The summed E-state index contributed by atoms with van der Waals surface area (Å²) in [6.45, 7) is 11.7. The third-order valence-electron chi connectivity index (χ3n) is 2.76. The van der Waals surface area contributed by atoms with Crippen molar-refractivity contribution in [1.82, 2.24) is 9.97 Å². The molecule has 0 amide bonds. The molecule has 0 saturated carbocycles. The first-order valence-corrected chi connectivity index (χ1v) is 8.18. The van der Waals surface area contributed by atoms with E-state index in [1.165, 1.54) is 5.56 Å². The molecule has 0 saturated heterocycles. The lowest BCUT2D eigenvalue weighted by Crippen LogP contribution is -2.21. The second-order valence-corrected chi connectivity index (χ2v) is 6.19. The van der Waals surface area contributed by atoms with Gasteiger partial charge in [0.1, 0.15) is 18.0 Å². The van der Waals surface area contributed by atoms with E-state index in [1.54, 1.807) is 6.33 Å². The van der Waals surface area contributed by atoms with Crippen molar-refractivity contribution in [1.29, 1.82) is 0 Å². The van der Waals surface area contributed by atoms with E-state index >= 15 is 0 Å². The molecule has 0 spiro atoms. The van der Waals surface area contributed by atoms with Crippen molar-refractivity contribution < 1.29 is 0 Å². The Morgan fingerprint density at radius 1 is 1.16 bits per heavy atom. The van der Waals surface area contributed by atoms with E-state index in [9.17, 15) is 0 Å². The van der Waals surface area contributed by atoms with Crippen LogP contribution in [-0.2, 0) is 0 Å². The van der Waals surface area contributed by atoms with Gasteiger partial charge in [-0.2, -0.15) is 11.8 Å². The van der Waals surface area contributed by atoms with Crippen LogP contribution in [0.5, 0.6) is 0 Å². The van der Waals surface area contributed by atoms with Gasteiger partial charge in [-0.3, -0.25) is 0 Å². The summed E-state index contributed by atoms with van der Waals surface area (Å²) in [5.41, 5.74) is 1.18. The van der Waals surface area contributed by atoms with Crippen LogP contribution in [0.2, 0.25) is 0 Å². The molecule has 1 rings (SSSR count). The first-order chi connectivity index (χ1) is 9.10. The molecule has 2 N–H and O–H groups in total. The fourth-order valence-electron chi connectivity index (χ4n) is 1.94. The Morgan fingerprint density at radius 3 is 2.42 bits per heavy atom. The van der Waals surface area contributed by atoms with Crippen molar-refractivity contribution in [2.75, 3.05) is 28.7 Å². The Kier molecular flexibility index (Phi) is 6.99. The van der Waals surface area contributed by atoms with Crippen molar-refractivity contribution >= 4 is 23.4 Å². The zero-order chi connectivity index (χ0) is 14.3. The lowest BCUT2D eigenvalue weighted by Gasteiger charge is -2.20. The molecule has 1 aromatic heterocycles. The van der Waals surface area contributed by atoms with Crippen LogP contribution in [-0.4, -0.2) is 34.1 Å². The lowest BCUT2D eigenvalue weighted by molar-refractivity contribution is 0.827. The zero-order valence-corrected chi connectivity index (χ0v) is 13.5. The van der Waals surface area contributed by atoms with Crippen LogP contribution in [0.3, 0.4) is 0 Å². The molecule has 0 aliphatic carbocycles. The topological polar surface area (TPSA) is 49.8 Å². The molecule has 1 aromatic rings. The van der Waals surface area contributed by atoms with Crippen LogP contribution in [0.15, 0.2) is 6.33 Å². The average Bonchev–Trinajstić information content (AvgIpc) is 2.36. The molecule has 1 atom stereocenters. The highest BCUT2D eigenvalue weighted by Gasteiger charge is 2.15. The molecule has 0 bridgehead atoms. The molecule has 19 heavy (non-hydrogen) atoms. The smallest absolute Gasteiger partial charge is 0.135 e. The van der Waals surface area contributed by atoms with Gasteiger partial charge in [-0.15, -0.1) is 0 Å². The Morgan fingerprint density at radius 2 is 1.84 bits per heavy atom. The van der Waals surface area contributed by atoms with Crippen LogP contribution >= 0.6 is 11.8 Å². The zero-order valence-electron chi connectivity index (χ0n) is 12.7. The number of hydrogen-bond acceptors (Lipinski definition) is 5. The molecular formula is C14H26N4S. The summed E-state index contributed by atoms with van der Waals surface area (Å²) in [7, 11) is 0. The molecule has 0 fully saturated rings. The van der Waals surface area contributed by atoms with E-state index in [0.717, 1.165) is 29.7 Å². The van der Waals surface area contributed by atoms with Gasteiger partial charge in [-0.1, -0.05) is 20.8 Å². The Balaban J connectivity index is 2.89. The molecule has 4 nitrogen and oxygen atoms in total. The summed E-state index contributed by atoms with van der Waals surface area (Å²) in [6.07, 6.45) is 1.63. The van der Waals surface area contributed by atoms with Gasteiger partial charge >= 0.3 is 0 Å². The number of nitrogens with one attached hydrogen (secondary N) is 2. The molecule has 1 unspecified atom stereocenters. The highest BCUT2D eigenvalue weighted by atomic mass is 32.2. The van der Waals surface area contributed by atoms with Gasteiger partial charge in [0.2, 0.25) is 0 Å². The summed E-state index contributed by atoms with van der Waals surface area (Å²) in [5.74, 6) is 4.55. The summed E-state index contributed by atoms with van der Waals surface area (Å²) >= 11 is 1.94. The molecule has 0 aliphatic heterocycles. The summed E-state index contributed by atoms with van der Waals surface area (Å²) in [5, 5.41) is 6.83. The van der Waals surface area contributed by atoms with E-state index in [-0.39, 0.29) is 0 Å². The first-order valence-electron chi connectivity index (χ1n) is 7.03. The van der Waals surface area contributed by atoms with E-state index < -0.39 is 0 Å². The highest BCUT2D eigenvalue weighted by molar-refractivity contribution is 7.99. The largest absolute Gasteiger partial charge is 0.370 e. The number of anilines is 2. The SMILES string of the molecule is CCNc1ncnc(NC(C)CSCC)c1C(C)C. The van der Waals surface area contributed by atoms with E-state index in [1.807, 2.05) is 11.8 Å². The number of hydrogen-bond donors (Lipinski definition) is 2. The Labute approximate surface area is 121 Å². The van der Waals surface area contributed by atoms with Gasteiger partial charge in [0, 0.05) is 23.9 Å². The minimum absolute atomic E-state index is 0.392. The Bertz CT molecular complexity index is 382. The van der Waals surface area contributed by atoms with Crippen LogP contribution in [0.1, 0.15) is 46.1 Å². The van der Waals surface area contributed by atoms with Crippen molar-refractivity contribution in [2.45, 2.75) is 46.6 Å². The average molecular weight is 282 g/mol. The molecule has 0 aromatic carbocycles. The molecule has 1 heterocycles. The number of rotatable bonds is 8. The lowest BCUT2D eigenvalue weighted by atomic mass is 10.0. The quantitative estimate of drug-likeness (QED) is 0.763. The number of aromatic nitrogens is 2. The number of thioether (sulfide) groups is 1. The Hall–Kier alpha value is -0.970. The summed E-state index contributed by atoms with van der Waals surface area (Å²) in [4.78, 5) is 8.77. The minimum atomic E-state index is 0.392. The van der Waals surface area contributed by atoms with Crippen molar-refractivity contribution in [3.8, 4) is 0 Å². The summed E-state index contributed by atoms with van der Waals surface area (Å²) in [6, 6.07) is 0.409. The van der Waals surface area contributed by atoms with E-state index in [2.05, 4.69) is 55.2 Å². The van der Waals surface area contributed by atoms with Crippen molar-refractivity contribution in [2.24, 2.45) is 0 Å². The maximum atomic E-state index is 4.42. The van der Waals surface area contributed by atoms with Gasteiger partial charge in [0.05, 0.1) is 0 Å². The normalized spacial score (nSPS) is 12.5. The second kappa shape index (κ2) is 8.25. The summed E-state index contributed by atoms with van der Waals surface area (Å²) < 4.78 is 0. The van der Waals surface area contributed by atoms with Crippen LogP contribution in [0.4, 0.5) is 11.6 Å². The van der Waals surface area contributed by atoms with Gasteiger partial charge < -0.3 is 10.6 Å². The maximum Gasteiger partial charge on any atom is 0.135 e. The van der Waals surface area contributed by atoms with Gasteiger partial charge in [-0.05, 0) is 25.5 Å². The number of nitrogens with zero attached hydrogens (tertiary/aromatic N) is 2. The van der Waals surface area contributed by atoms with E-state index in [4.69, 9.17) is 0 Å². The molecule has 0 radical (unpaired) electrons. The predicted octanol–water partition coefficient (Wildman–Crippen LogP) is 3.59. The van der Waals surface area contributed by atoms with Gasteiger partial charge in [0.25, 0.3) is 0 Å². The first kappa shape index (κ1) is 16.1. The molecule has 5 heteroatoms. The van der Waals surface area contributed by atoms with Crippen LogP contribution in [0, 0.1) is 0 Å². The predicted molar refractivity (Wildman–Crippen MR) is 86.4 cm³/mol. The highest BCUT2D eigenvalue weighted by Crippen LogP contribution is 2.28. The fourth-order valence-corrected chi connectivity index (χ4v) is 2.61.